The molecule has 0 aliphatic carbocycles. The van der Waals surface area contributed by atoms with Gasteiger partial charge in [0.05, 0.1) is 16.1 Å². The van der Waals surface area contributed by atoms with Crippen LogP contribution >= 0.6 is 0 Å². The second-order valence-electron chi connectivity index (χ2n) is 11.8. The van der Waals surface area contributed by atoms with Crippen LogP contribution in [0.3, 0.4) is 0 Å². The van der Waals surface area contributed by atoms with E-state index >= 15 is 0 Å². The number of amides is 2. The van der Waals surface area contributed by atoms with E-state index in [-0.39, 0.29) is 29.6 Å². The Morgan fingerprint density at radius 3 is 2.12 bits per heavy atom. The van der Waals surface area contributed by atoms with Crippen molar-refractivity contribution in [2.75, 3.05) is 10.8 Å². The van der Waals surface area contributed by atoms with Crippen LogP contribution in [0, 0.1) is 13.8 Å². The van der Waals surface area contributed by atoms with Crippen molar-refractivity contribution in [3.05, 3.63) is 131 Å². The Morgan fingerprint density at radius 1 is 0.854 bits per heavy atom. The van der Waals surface area contributed by atoms with E-state index in [0.29, 0.717) is 16.8 Å². The van der Waals surface area contributed by atoms with Crippen LogP contribution in [0.5, 0.6) is 0 Å². The number of carbonyl (C=O) groups is 2. The summed E-state index contributed by atoms with van der Waals surface area (Å²) in [6, 6.07) is 24.8. The molecule has 1 N–H and O–H groups in total. The zero-order valence-electron chi connectivity index (χ0n) is 27.4. The second kappa shape index (κ2) is 15.5. The fourth-order valence-corrected chi connectivity index (χ4v) is 6.58. The highest BCUT2D eigenvalue weighted by Gasteiger charge is 2.36. The van der Waals surface area contributed by atoms with Crippen molar-refractivity contribution in [3.63, 3.8) is 0 Å². The highest BCUT2D eigenvalue weighted by Crippen LogP contribution is 2.33. The van der Waals surface area contributed by atoms with E-state index < -0.39 is 46.2 Å². The van der Waals surface area contributed by atoms with Crippen molar-refractivity contribution in [3.8, 4) is 0 Å². The first kappa shape index (κ1) is 36.2. The molecule has 2 amide bonds. The van der Waals surface area contributed by atoms with Gasteiger partial charge in [-0.1, -0.05) is 85.3 Å². The number of hydrogen-bond donors (Lipinski definition) is 1. The largest absolute Gasteiger partial charge is 0.416 e. The molecule has 0 aliphatic heterocycles. The lowest BCUT2D eigenvalue weighted by Gasteiger charge is -2.34. The number of benzene rings is 4. The molecule has 0 radical (unpaired) electrons. The van der Waals surface area contributed by atoms with E-state index in [1.165, 1.54) is 23.1 Å². The molecule has 0 spiro atoms. The number of halogens is 3. The molecule has 4 aromatic rings. The van der Waals surface area contributed by atoms with Crippen molar-refractivity contribution in [1.29, 1.82) is 0 Å². The molecular weight excluding hydrogens is 639 g/mol. The van der Waals surface area contributed by atoms with Gasteiger partial charge in [-0.3, -0.25) is 13.9 Å². The number of sulfonamides is 1. The third kappa shape index (κ3) is 9.03. The molecule has 4 aromatic carbocycles. The first-order valence-electron chi connectivity index (χ1n) is 15.7. The van der Waals surface area contributed by atoms with E-state index in [1.807, 2.05) is 69.3 Å². The second-order valence-corrected chi connectivity index (χ2v) is 13.7. The van der Waals surface area contributed by atoms with Gasteiger partial charge in [0.25, 0.3) is 10.0 Å². The summed E-state index contributed by atoms with van der Waals surface area (Å²) in [5.74, 6) is -1.19. The SMILES string of the molecule is CC[C@H](C)NC(=O)[C@@H](Cc1ccccc1)N(Cc1ccccc1C)C(=O)CN(c1cccc(C(F)(F)F)c1)S(=O)(=O)c1ccc(C)cc1. The smallest absolute Gasteiger partial charge is 0.352 e. The van der Waals surface area contributed by atoms with Crippen molar-refractivity contribution in [1.82, 2.24) is 10.2 Å². The number of nitrogens with zero attached hydrogens (tertiary/aromatic N) is 2. The molecule has 0 aliphatic rings. The first-order valence-corrected chi connectivity index (χ1v) is 17.1. The normalized spacial score (nSPS) is 13.0. The minimum Gasteiger partial charge on any atom is -0.352 e. The molecule has 0 heterocycles. The Kier molecular flexibility index (Phi) is 11.7. The van der Waals surface area contributed by atoms with Crippen LogP contribution in [0.25, 0.3) is 0 Å². The maximum atomic E-state index is 14.6. The molecule has 4 rings (SSSR count). The molecule has 7 nitrogen and oxygen atoms in total. The lowest BCUT2D eigenvalue weighted by Crippen LogP contribution is -2.54. The Bertz CT molecular complexity index is 1810. The average molecular weight is 680 g/mol. The van der Waals surface area contributed by atoms with Crippen LogP contribution in [-0.4, -0.2) is 43.8 Å². The van der Waals surface area contributed by atoms with Gasteiger partial charge in [-0.05, 0) is 74.2 Å². The highest BCUT2D eigenvalue weighted by atomic mass is 32.2. The summed E-state index contributed by atoms with van der Waals surface area (Å²) < 4.78 is 70.4. The summed E-state index contributed by atoms with van der Waals surface area (Å²) in [5, 5.41) is 2.97. The van der Waals surface area contributed by atoms with Crippen LogP contribution in [-0.2, 0) is 38.8 Å². The van der Waals surface area contributed by atoms with Crippen LogP contribution in [0.2, 0.25) is 0 Å². The highest BCUT2D eigenvalue weighted by molar-refractivity contribution is 7.92. The first-order chi connectivity index (χ1) is 22.7. The van der Waals surface area contributed by atoms with E-state index in [4.69, 9.17) is 0 Å². The topological polar surface area (TPSA) is 86.8 Å². The molecular formula is C37H40F3N3O4S. The zero-order chi connectivity index (χ0) is 35.1. The van der Waals surface area contributed by atoms with Gasteiger partial charge in [0.1, 0.15) is 12.6 Å². The summed E-state index contributed by atoms with van der Waals surface area (Å²) >= 11 is 0. The number of hydrogen-bond acceptors (Lipinski definition) is 4. The van der Waals surface area contributed by atoms with Gasteiger partial charge < -0.3 is 10.2 Å². The molecule has 0 saturated heterocycles. The van der Waals surface area contributed by atoms with Crippen molar-refractivity contribution in [2.24, 2.45) is 0 Å². The maximum absolute atomic E-state index is 14.6. The van der Waals surface area contributed by atoms with E-state index in [1.54, 1.807) is 25.1 Å². The van der Waals surface area contributed by atoms with Crippen LogP contribution < -0.4 is 9.62 Å². The van der Waals surface area contributed by atoms with Crippen molar-refractivity contribution < 1.29 is 31.2 Å². The minimum atomic E-state index is -4.76. The van der Waals surface area contributed by atoms with E-state index in [2.05, 4.69) is 5.32 Å². The summed E-state index contributed by atoms with van der Waals surface area (Å²) in [6.07, 6.45) is -4.01. The van der Waals surface area contributed by atoms with Crippen LogP contribution in [0.4, 0.5) is 18.9 Å². The predicted molar refractivity (Wildman–Crippen MR) is 181 cm³/mol. The van der Waals surface area contributed by atoms with Crippen LogP contribution in [0.1, 0.15) is 48.1 Å². The molecule has 0 aromatic heterocycles. The number of rotatable bonds is 13. The number of alkyl halides is 3. The van der Waals surface area contributed by atoms with Gasteiger partial charge in [-0.2, -0.15) is 13.2 Å². The van der Waals surface area contributed by atoms with Gasteiger partial charge >= 0.3 is 6.18 Å². The van der Waals surface area contributed by atoms with Gasteiger partial charge in [0, 0.05) is 19.0 Å². The van der Waals surface area contributed by atoms with Crippen molar-refractivity contribution in [2.45, 2.75) is 70.2 Å². The minimum absolute atomic E-state index is 0.0437. The number of anilines is 1. The molecule has 2 atom stereocenters. The Morgan fingerprint density at radius 2 is 1.50 bits per heavy atom. The number of aryl methyl sites for hydroxylation is 2. The van der Waals surface area contributed by atoms with Gasteiger partial charge in [0.15, 0.2) is 0 Å². The summed E-state index contributed by atoms with van der Waals surface area (Å²) in [7, 11) is -4.55. The summed E-state index contributed by atoms with van der Waals surface area (Å²) in [5.41, 5.74) is 1.72. The molecule has 48 heavy (non-hydrogen) atoms. The number of nitrogens with one attached hydrogen (secondary N) is 1. The molecule has 11 heteroatoms. The van der Waals surface area contributed by atoms with E-state index in [0.717, 1.165) is 34.4 Å². The van der Waals surface area contributed by atoms with Crippen LogP contribution in [0.15, 0.2) is 108 Å². The molecule has 0 bridgehead atoms. The van der Waals surface area contributed by atoms with Gasteiger partial charge in [-0.25, -0.2) is 8.42 Å². The number of carbonyl (C=O) groups excluding carboxylic acids is 2. The fourth-order valence-electron chi connectivity index (χ4n) is 5.17. The van der Waals surface area contributed by atoms with Gasteiger partial charge in [0.2, 0.25) is 11.8 Å². The zero-order valence-corrected chi connectivity index (χ0v) is 28.2. The monoisotopic (exact) mass is 679 g/mol. The maximum Gasteiger partial charge on any atom is 0.416 e. The Labute approximate surface area is 280 Å². The molecule has 254 valence electrons. The Hall–Kier alpha value is -4.64. The average Bonchev–Trinajstić information content (AvgIpc) is 3.06. The Balaban J connectivity index is 1.86. The quantitative estimate of drug-likeness (QED) is 0.164. The lowest BCUT2D eigenvalue weighted by molar-refractivity contribution is -0.140. The third-order valence-corrected chi connectivity index (χ3v) is 10.0. The third-order valence-electron chi connectivity index (χ3n) is 8.22. The van der Waals surface area contributed by atoms with Crippen molar-refractivity contribution >= 4 is 27.5 Å². The van der Waals surface area contributed by atoms with E-state index in [9.17, 15) is 31.2 Å². The predicted octanol–water partition coefficient (Wildman–Crippen LogP) is 7.07. The molecule has 0 fully saturated rings. The molecule has 0 unspecified atom stereocenters. The fraction of sp³-hybridized carbons (Fsp3) is 0.297. The lowest BCUT2D eigenvalue weighted by atomic mass is 10.0. The summed E-state index contributed by atoms with van der Waals surface area (Å²) in [6.45, 7) is 6.49. The standard InChI is InChI=1S/C37H40F3N3O4S/c1-5-28(4)41-36(45)34(22-29-13-7-6-8-14-29)42(24-30-15-10-9-12-27(30)3)35(44)25-43(32-17-11-16-31(23-32)37(38,39)40)48(46,47)33-20-18-26(2)19-21-33/h6-21,23,28,34H,5,22,24-25H2,1-4H3,(H,41,45)/t28-,34+/m0/s1. The molecule has 0 saturated carbocycles. The summed E-state index contributed by atoms with van der Waals surface area (Å²) in [4.78, 5) is 29.6. The van der Waals surface area contributed by atoms with Gasteiger partial charge in [-0.15, -0.1) is 0 Å².